The molecule has 4 rings (SSSR count). The Morgan fingerprint density at radius 1 is 1.03 bits per heavy atom. The smallest absolute Gasteiger partial charge is 0.270 e. The van der Waals surface area contributed by atoms with E-state index in [2.05, 4.69) is 0 Å². The molecule has 1 aliphatic carbocycles. The highest BCUT2D eigenvalue weighted by Crippen LogP contribution is 2.49. The molecular weight excluding hydrogens is 413 g/mol. The summed E-state index contributed by atoms with van der Waals surface area (Å²) in [4.78, 5) is 24.9. The summed E-state index contributed by atoms with van der Waals surface area (Å²) in [5, 5.41) is 10.9. The third-order valence-electron chi connectivity index (χ3n) is 5.75. The van der Waals surface area contributed by atoms with Crippen LogP contribution in [-0.4, -0.2) is 54.6 Å². The third kappa shape index (κ3) is 3.56. The van der Waals surface area contributed by atoms with E-state index >= 15 is 0 Å². The predicted molar refractivity (Wildman–Crippen MR) is 106 cm³/mol. The van der Waals surface area contributed by atoms with Gasteiger partial charge < -0.3 is 4.90 Å². The van der Waals surface area contributed by atoms with Crippen LogP contribution in [0.2, 0.25) is 0 Å². The molecule has 0 bridgehead atoms. The van der Waals surface area contributed by atoms with Gasteiger partial charge in [-0.3, -0.25) is 14.9 Å². The zero-order valence-corrected chi connectivity index (χ0v) is 16.8. The molecule has 1 saturated carbocycles. The van der Waals surface area contributed by atoms with Crippen LogP contribution in [-0.2, 0) is 20.2 Å². The number of carbonyl (C=O) groups excluding carboxylic acids is 1. The van der Waals surface area contributed by atoms with Crippen molar-refractivity contribution in [2.75, 3.05) is 26.2 Å². The number of rotatable bonds is 5. The number of hydrogen-bond donors (Lipinski definition) is 0. The van der Waals surface area contributed by atoms with Crippen molar-refractivity contribution < 1.29 is 22.5 Å². The van der Waals surface area contributed by atoms with Gasteiger partial charge in [0.25, 0.3) is 5.69 Å². The van der Waals surface area contributed by atoms with E-state index in [9.17, 15) is 27.7 Å². The Morgan fingerprint density at radius 2 is 1.67 bits per heavy atom. The van der Waals surface area contributed by atoms with Crippen LogP contribution in [0.4, 0.5) is 10.1 Å². The van der Waals surface area contributed by atoms with Crippen molar-refractivity contribution in [2.24, 2.45) is 0 Å². The van der Waals surface area contributed by atoms with Crippen molar-refractivity contribution in [3.05, 3.63) is 70.0 Å². The van der Waals surface area contributed by atoms with E-state index in [1.165, 1.54) is 34.6 Å². The number of nitrogens with zero attached hydrogens (tertiary/aromatic N) is 3. The van der Waals surface area contributed by atoms with Gasteiger partial charge in [-0.1, -0.05) is 18.2 Å². The quantitative estimate of drug-likeness (QED) is 0.532. The maximum atomic E-state index is 13.2. The number of amides is 1. The lowest BCUT2D eigenvalue weighted by Crippen LogP contribution is -2.52. The minimum atomic E-state index is -3.89. The number of hydrogen-bond acceptors (Lipinski definition) is 5. The maximum Gasteiger partial charge on any atom is 0.270 e. The fourth-order valence-corrected chi connectivity index (χ4v) is 5.32. The highest BCUT2D eigenvalue weighted by Gasteiger charge is 2.53. The molecule has 1 saturated heterocycles. The number of non-ortho nitro benzene ring substituents is 1. The van der Waals surface area contributed by atoms with Crippen LogP contribution in [0, 0.1) is 15.9 Å². The average Bonchev–Trinajstić information content (AvgIpc) is 3.56. The second kappa shape index (κ2) is 7.44. The molecule has 1 amide bonds. The Balaban J connectivity index is 1.46. The molecule has 1 heterocycles. The van der Waals surface area contributed by atoms with E-state index in [1.807, 2.05) is 0 Å². The van der Waals surface area contributed by atoms with Crippen LogP contribution >= 0.6 is 0 Å². The van der Waals surface area contributed by atoms with Crippen LogP contribution in [0.5, 0.6) is 0 Å². The molecule has 8 nitrogen and oxygen atoms in total. The molecule has 0 spiro atoms. The molecule has 1 aliphatic heterocycles. The van der Waals surface area contributed by atoms with Gasteiger partial charge in [0.05, 0.1) is 15.2 Å². The molecular formula is C20H20FN3O5S. The first-order valence-electron chi connectivity index (χ1n) is 9.54. The molecule has 0 radical (unpaired) electrons. The van der Waals surface area contributed by atoms with Crippen molar-refractivity contribution in [3.63, 3.8) is 0 Å². The average molecular weight is 433 g/mol. The lowest BCUT2D eigenvalue weighted by atomic mass is 9.94. The first kappa shape index (κ1) is 20.4. The lowest BCUT2D eigenvalue weighted by Gasteiger charge is -2.36. The summed E-state index contributed by atoms with van der Waals surface area (Å²) in [7, 11) is -3.89. The van der Waals surface area contributed by atoms with Gasteiger partial charge in [-0.05, 0) is 36.6 Å². The van der Waals surface area contributed by atoms with E-state index in [0.717, 1.165) is 11.6 Å². The number of halogens is 1. The van der Waals surface area contributed by atoms with Crippen molar-refractivity contribution in [2.45, 2.75) is 23.2 Å². The van der Waals surface area contributed by atoms with E-state index in [4.69, 9.17) is 0 Å². The summed E-state index contributed by atoms with van der Waals surface area (Å²) in [6.45, 7) is 0.679. The van der Waals surface area contributed by atoms with Gasteiger partial charge in [-0.15, -0.1) is 0 Å². The molecule has 10 heteroatoms. The SMILES string of the molecule is O=C(N1CCN(S(=O)(=O)c2cccc([N+](=O)[O-])c2)CC1)C1(c2ccc(F)cc2)CC1. The fraction of sp³-hybridized carbons (Fsp3) is 0.350. The Kier molecular flexibility index (Phi) is 5.07. The first-order chi connectivity index (χ1) is 14.2. The van der Waals surface area contributed by atoms with Gasteiger partial charge >= 0.3 is 0 Å². The van der Waals surface area contributed by atoms with Gasteiger partial charge in [-0.25, -0.2) is 12.8 Å². The number of benzene rings is 2. The summed E-state index contributed by atoms with van der Waals surface area (Å²) in [5.41, 5.74) is -0.158. The molecule has 0 aromatic heterocycles. The molecule has 158 valence electrons. The zero-order chi connectivity index (χ0) is 21.5. The van der Waals surface area contributed by atoms with Gasteiger partial charge in [-0.2, -0.15) is 4.31 Å². The minimum Gasteiger partial charge on any atom is -0.339 e. The van der Waals surface area contributed by atoms with Crippen LogP contribution in [0.25, 0.3) is 0 Å². The van der Waals surface area contributed by atoms with E-state index in [0.29, 0.717) is 12.8 Å². The Bertz CT molecular complexity index is 1090. The highest BCUT2D eigenvalue weighted by atomic mass is 32.2. The molecule has 2 aromatic carbocycles. The third-order valence-corrected chi connectivity index (χ3v) is 7.64. The van der Waals surface area contributed by atoms with E-state index < -0.39 is 20.4 Å². The van der Waals surface area contributed by atoms with Crippen molar-refractivity contribution in [1.82, 2.24) is 9.21 Å². The summed E-state index contributed by atoms with van der Waals surface area (Å²) in [5.74, 6) is -0.427. The van der Waals surface area contributed by atoms with Gasteiger partial charge in [0.15, 0.2) is 0 Å². The maximum absolute atomic E-state index is 13.2. The summed E-state index contributed by atoms with van der Waals surface area (Å²) in [6, 6.07) is 10.9. The summed E-state index contributed by atoms with van der Waals surface area (Å²) < 4.78 is 40.2. The molecule has 0 unspecified atom stereocenters. The van der Waals surface area contributed by atoms with Gasteiger partial charge in [0.1, 0.15) is 5.82 Å². The first-order valence-corrected chi connectivity index (χ1v) is 11.0. The minimum absolute atomic E-state index is 0.0681. The Labute approximate surface area is 173 Å². The zero-order valence-electron chi connectivity index (χ0n) is 16.0. The molecule has 2 aromatic rings. The van der Waals surface area contributed by atoms with Crippen LogP contribution < -0.4 is 0 Å². The topological polar surface area (TPSA) is 101 Å². The van der Waals surface area contributed by atoms with Gasteiger partial charge in [0, 0.05) is 38.3 Å². The second-order valence-electron chi connectivity index (χ2n) is 7.54. The number of nitro benzene ring substituents is 1. The number of nitro groups is 1. The summed E-state index contributed by atoms with van der Waals surface area (Å²) in [6.07, 6.45) is 1.37. The van der Waals surface area contributed by atoms with Crippen LogP contribution in [0.15, 0.2) is 53.4 Å². The lowest BCUT2D eigenvalue weighted by molar-refractivity contribution is -0.385. The van der Waals surface area contributed by atoms with Crippen molar-refractivity contribution in [3.8, 4) is 0 Å². The molecule has 2 aliphatic rings. The molecule has 2 fully saturated rings. The molecule has 0 N–H and O–H groups in total. The van der Waals surface area contributed by atoms with Crippen molar-refractivity contribution >= 4 is 21.6 Å². The fourth-order valence-electron chi connectivity index (χ4n) is 3.86. The highest BCUT2D eigenvalue weighted by molar-refractivity contribution is 7.89. The van der Waals surface area contributed by atoms with Crippen LogP contribution in [0.1, 0.15) is 18.4 Å². The number of carbonyl (C=O) groups is 1. The van der Waals surface area contributed by atoms with Crippen LogP contribution in [0.3, 0.4) is 0 Å². The number of sulfonamides is 1. The van der Waals surface area contributed by atoms with E-state index in [1.54, 1.807) is 17.0 Å². The van der Waals surface area contributed by atoms with E-state index in [-0.39, 0.29) is 48.5 Å². The normalized spacial score (nSPS) is 18.8. The van der Waals surface area contributed by atoms with Crippen molar-refractivity contribution in [1.29, 1.82) is 0 Å². The monoisotopic (exact) mass is 433 g/mol. The molecule has 30 heavy (non-hydrogen) atoms. The largest absolute Gasteiger partial charge is 0.339 e. The summed E-state index contributed by atoms with van der Waals surface area (Å²) >= 11 is 0. The number of piperazine rings is 1. The Hall–Kier alpha value is -2.85. The molecule has 0 atom stereocenters. The standard InChI is InChI=1S/C20H20FN3O5S/c21-16-6-4-15(5-7-16)20(8-9-20)19(25)22-10-12-23(13-11-22)30(28,29)18-3-1-2-17(14-18)24(26)27/h1-7,14H,8-13H2. The second-order valence-corrected chi connectivity index (χ2v) is 9.48. The Morgan fingerprint density at radius 3 is 2.23 bits per heavy atom. The predicted octanol–water partition coefficient (Wildman–Crippen LogP) is 2.30. The van der Waals surface area contributed by atoms with Gasteiger partial charge in [0.2, 0.25) is 15.9 Å².